The Morgan fingerprint density at radius 1 is 0.897 bits per heavy atom. The molecule has 9 heteroatoms. The van der Waals surface area contributed by atoms with E-state index >= 15 is 0 Å². The first-order valence-corrected chi connectivity index (χ1v) is 14.5. The molecule has 0 aromatic heterocycles. The number of dihydropyridines is 1. The summed E-state index contributed by atoms with van der Waals surface area (Å²) in [4.78, 5) is 37.7. The molecule has 2 aromatic carbocycles. The van der Waals surface area contributed by atoms with Crippen LogP contribution in [0.1, 0.15) is 70.4 Å². The van der Waals surface area contributed by atoms with E-state index in [2.05, 4.69) is 64.9 Å². The van der Waals surface area contributed by atoms with E-state index < -0.39 is 10.8 Å². The minimum absolute atomic E-state index is 0.0241. The van der Waals surface area contributed by atoms with Crippen LogP contribution in [0, 0.1) is 20.9 Å². The molecule has 0 spiro atoms. The molecular formula is C30H30Br2N2O5. The van der Waals surface area contributed by atoms with Crippen molar-refractivity contribution >= 4 is 49.1 Å². The number of nitrogens with zero attached hydrogens (tertiary/aromatic N) is 1. The summed E-state index contributed by atoms with van der Waals surface area (Å²) < 4.78 is 7.44. The maximum atomic E-state index is 13.6. The number of non-ortho nitro benzene ring substituents is 1. The van der Waals surface area contributed by atoms with Crippen LogP contribution in [-0.4, -0.2) is 16.5 Å². The highest BCUT2D eigenvalue weighted by Crippen LogP contribution is 2.52. The van der Waals surface area contributed by atoms with E-state index in [1.807, 2.05) is 12.1 Å². The lowest BCUT2D eigenvalue weighted by Gasteiger charge is -2.44. The van der Waals surface area contributed by atoms with Gasteiger partial charge in [0.1, 0.15) is 12.4 Å². The average Bonchev–Trinajstić information content (AvgIpc) is 2.80. The van der Waals surface area contributed by atoms with Crippen molar-refractivity contribution in [1.82, 2.24) is 5.32 Å². The highest BCUT2D eigenvalue weighted by molar-refractivity contribution is 9.11. The number of ketones is 2. The Hall–Kier alpha value is -2.78. The van der Waals surface area contributed by atoms with Crippen molar-refractivity contribution in [2.75, 3.05) is 0 Å². The number of ether oxygens (including phenoxy) is 1. The fourth-order valence-electron chi connectivity index (χ4n) is 5.98. The van der Waals surface area contributed by atoms with Gasteiger partial charge in [0.15, 0.2) is 11.6 Å². The second-order valence-corrected chi connectivity index (χ2v) is 14.0. The lowest BCUT2D eigenvalue weighted by Crippen LogP contribution is -2.42. The molecule has 0 unspecified atom stereocenters. The summed E-state index contributed by atoms with van der Waals surface area (Å²) in [5.41, 5.74) is 4.59. The molecule has 1 heterocycles. The SMILES string of the molecule is CC1(C)CC(=O)C2=C(C1)NC1=C(C(=O)CC(C)(C)C1)C2c1cc(Br)c(OCc2ccc([N+](=O)[O-])cc2)c(Br)c1. The first-order valence-electron chi connectivity index (χ1n) is 12.9. The Balaban J connectivity index is 1.52. The minimum atomic E-state index is -0.445. The van der Waals surface area contributed by atoms with E-state index in [1.54, 1.807) is 12.1 Å². The minimum Gasteiger partial charge on any atom is -0.487 e. The third-order valence-electron chi connectivity index (χ3n) is 7.60. The van der Waals surface area contributed by atoms with Crippen LogP contribution in [0.5, 0.6) is 5.75 Å². The Kier molecular flexibility index (Phi) is 7.12. The fourth-order valence-corrected chi connectivity index (χ4v) is 7.43. The van der Waals surface area contributed by atoms with Crippen LogP contribution < -0.4 is 10.1 Å². The van der Waals surface area contributed by atoms with Gasteiger partial charge in [-0.3, -0.25) is 19.7 Å². The molecule has 2 aliphatic carbocycles. The van der Waals surface area contributed by atoms with E-state index in [1.165, 1.54) is 12.1 Å². The van der Waals surface area contributed by atoms with Crippen LogP contribution in [0.4, 0.5) is 5.69 Å². The van der Waals surface area contributed by atoms with Gasteiger partial charge in [-0.15, -0.1) is 0 Å². The fraction of sp³-hybridized carbons (Fsp3) is 0.400. The first kappa shape index (κ1) is 27.8. The lowest BCUT2D eigenvalue weighted by atomic mass is 9.64. The molecule has 0 amide bonds. The summed E-state index contributed by atoms with van der Waals surface area (Å²) in [6.45, 7) is 8.64. The highest BCUT2D eigenvalue weighted by atomic mass is 79.9. The molecule has 0 fully saturated rings. The van der Waals surface area contributed by atoms with Crippen molar-refractivity contribution < 1.29 is 19.2 Å². The lowest BCUT2D eigenvalue weighted by molar-refractivity contribution is -0.384. The molecule has 1 N–H and O–H groups in total. The molecule has 5 rings (SSSR count). The molecule has 0 atom stereocenters. The number of hydrogen-bond acceptors (Lipinski definition) is 6. The zero-order valence-corrected chi connectivity index (χ0v) is 25.5. The summed E-state index contributed by atoms with van der Waals surface area (Å²) in [6, 6.07) is 10.1. The monoisotopic (exact) mass is 656 g/mol. The van der Waals surface area contributed by atoms with Crippen LogP contribution in [-0.2, 0) is 16.2 Å². The van der Waals surface area contributed by atoms with Crippen LogP contribution in [0.25, 0.3) is 0 Å². The van der Waals surface area contributed by atoms with Gasteiger partial charge in [0, 0.05) is 53.4 Å². The van der Waals surface area contributed by atoms with Crippen molar-refractivity contribution in [3.63, 3.8) is 0 Å². The molecular weight excluding hydrogens is 628 g/mol. The summed E-state index contributed by atoms with van der Waals surface area (Å²) in [6.07, 6.45) is 2.36. The second-order valence-electron chi connectivity index (χ2n) is 12.3. The summed E-state index contributed by atoms with van der Waals surface area (Å²) in [7, 11) is 0. The van der Waals surface area contributed by atoms with Gasteiger partial charge in [-0.25, -0.2) is 0 Å². The summed E-state index contributed by atoms with van der Waals surface area (Å²) >= 11 is 7.30. The zero-order chi connectivity index (χ0) is 28.3. The Morgan fingerprint density at radius 2 is 1.38 bits per heavy atom. The molecule has 7 nitrogen and oxygen atoms in total. The van der Waals surface area contributed by atoms with Gasteiger partial charge in [0.2, 0.25) is 0 Å². The van der Waals surface area contributed by atoms with Crippen LogP contribution in [0.2, 0.25) is 0 Å². The molecule has 0 bridgehead atoms. The summed E-state index contributed by atoms with van der Waals surface area (Å²) in [5.74, 6) is 0.281. The van der Waals surface area contributed by atoms with E-state index in [4.69, 9.17) is 4.74 Å². The van der Waals surface area contributed by atoms with Crippen molar-refractivity contribution in [2.24, 2.45) is 10.8 Å². The number of nitro groups is 1. The number of halogens is 2. The third-order valence-corrected chi connectivity index (χ3v) is 8.78. The van der Waals surface area contributed by atoms with E-state index in [9.17, 15) is 19.7 Å². The number of benzene rings is 2. The average molecular weight is 658 g/mol. The van der Waals surface area contributed by atoms with E-state index in [0.29, 0.717) is 38.7 Å². The van der Waals surface area contributed by atoms with Crippen LogP contribution in [0.15, 0.2) is 67.9 Å². The number of carbonyl (C=O) groups excluding carboxylic acids is 2. The topological polar surface area (TPSA) is 98.5 Å². The molecule has 3 aliphatic rings. The van der Waals surface area contributed by atoms with Crippen LogP contribution >= 0.6 is 31.9 Å². The quantitative estimate of drug-likeness (QED) is 0.262. The van der Waals surface area contributed by atoms with Crippen molar-refractivity contribution in [3.05, 3.63) is 89.1 Å². The van der Waals surface area contributed by atoms with Gasteiger partial charge in [-0.05, 0) is 90.9 Å². The Labute approximate surface area is 244 Å². The maximum absolute atomic E-state index is 13.6. The smallest absolute Gasteiger partial charge is 0.269 e. The highest BCUT2D eigenvalue weighted by Gasteiger charge is 2.46. The molecule has 0 radical (unpaired) electrons. The first-order chi connectivity index (χ1) is 18.2. The van der Waals surface area contributed by atoms with Crippen LogP contribution in [0.3, 0.4) is 0 Å². The second kappa shape index (κ2) is 10.0. The number of nitro benzene ring substituents is 1. The maximum Gasteiger partial charge on any atom is 0.269 e. The number of hydrogen-bond donors (Lipinski definition) is 1. The Morgan fingerprint density at radius 3 is 1.85 bits per heavy atom. The molecule has 2 aromatic rings. The van der Waals surface area contributed by atoms with Gasteiger partial charge in [-0.1, -0.05) is 27.7 Å². The molecule has 1 aliphatic heterocycles. The summed E-state index contributed by atoms with van der Waals surface area (Å²) in [5, 5.41) is 14.5. The predicted octanol–water partition coefficient (Wildman–Crippen LogP) is 7.67. The number of Topliss-reactive ketones (excluding diaryl/α,β-unsaturated/α-hetero) is 2. The Bertz CT molecular complexity index is 1400. The van der Waals surface area contributed by atoms with Crippen molar-refractivity contribution in [2.45, 2.75) is 65.9 Å². The van der Waals surface area contributed by atoms with Gasteiger partial charge >= 0.3 is 0 Å². The molecule has 39 heavy (non-hydrogen) atoms. The third kappa shape index (κ3) is 5.48. The number of nitrogens with one attached hydrogen (secondary N) is 1. The number of carbonyl (C=O) groups is 2. The normalized spacial score (nSPS) is 20.4. The zero-order valence-electron chi connectivity index (χ0n) is 22.3. The molecule has 0 saturated heterocycles. The van der Waals surface area contributed by atoms with Crippen molar-refractivity contribution in [3.8, 4) is 5.75 Å². The van der Waals surface area contributed by atoms with Gasteiger partial charge in [-0.2, -0.15) is 0 Å². The van der Waals surface area contributed by atoms with Gasteiger partial charge in [0.25, 0.3) is 5.69 Å². The predicted molar refractivity (Wildman–Crippen MR) is 155 cm³/mol. The molecule has 204 valence electrons. The van der Waals surface area contributed by atoms with E-state index in [0.717, 1.165) is 35.4 Å². The van der Waals surface area contributed by atoms with Gasteiger partial charge in [0.05, 0.1) is 13.9 Å². The van der Waals surface area contributed by atoms with Gasteiger partial charge < -0.3 is 10.1 Å². The largest absolute Gasteiger partial charge is 0.487 e. The standard InChI is InChI=1S/C30H30Br2N2O5/c1-29(2)11-21-26(23(35)13-29)25(27-22(33-21)12-30(3,4)14-24(27)36)17-9-19(31)28(20(32)10-17)39-15-16-5-7-18(8-6-16)34(37)38/h5-10,25,33H,11-15H2,1-4H3. The van der Waals surface area contributed by atoms with Crippen molar-refractivity contribution in [1.29, 1.82) is 0 Å². The molecule has 0 saturated carbocycles. The number of allylic oxidation sites excluding steroid dienone is 4. The number of rotatable bonds is 5. The van der Waals surface area contributed by atoms with E-state index in [-0.39, 0.29) is 34.7 Å².